The second-order valence-corrected chi connectivity index (χ2v) is 5.75. The van der Waals surface area contributed by atoms with Gasteiger partial charge in [-0.1, -0.05) is 0 Å². The molecule has 2 aromatic carbocycles. The maximum absolute atomic E-state index is 12.3. The fourth-order valence-electron chi connectivity index (χ4n) is 2.17. The molecule has 0 heterocycles. The van der Waals surface area contributed by atoms with E-state index in [4.69, 9.17) is 4.74 Å². The number of aliphatic hydroxyl groups is 1. The lowest BCUT2D eigenvalue weighted by molar-refractivity contribution is -0.125. The van der Waals surface area contributed by atoms with Crippen LogP contribution in [0.25, 0.3) is 0 Å². The molecule has 0 saturated heterocycles. The second kappa shape index (κ2) is 9.35. The van der Waals surface area contributed by atoms with Crippen LogP contribution in [-0.4, -0.2) is 47.5 Å². The van der Waals surface area contributed by atoms with Gasteiger partial charge in [0.2, 0.25) is 0 Å². The van der Waals surface area contributed by atoms with Crippen molar-refractivity contribution in [3.8, 4) is 11.5 Å². The molecule has 2 atom stereocenters. The Kier molecular flexibility index (Phi) is 6.90. The summed E-state index contributed by atoms with van der Waals surface area (Å²) in [6.45, 7) is 1.39. The second-order valence-electron chi connectivity index (χ2n) is 5.75. The van der Waals surface area contributed by atoms with E-state index in [2.05, 4.69) is 15.8 Å². The number of nitrogens with zero attached hydrogens (tertiary/aromatic N) is 1. The summed E-state index contributed by atoms with van der Waals surface area (Å²) in [5.74, 6) is -0.463. The zero-order chi connectivity index (χ0) is 19.8. The van der Waals surface area contributed by atoms with Gasteiger partial charge >= 0.3 is 0 Å². The van der Waals surface area contributed by atoms with Crippen molar-refractivity contribution in [1.29, 1.82) is 0 Å². The highest BCUT2D eigenvalue weighted by atomic mass is 16.5. The first-order valence-corrected chi connectivity index (χ1v) is 8.15. The number of methoxy groups -OCH3 is 1. The Labute approximate surface area is 156 Å². The largest absolute Gasteiger partial charge is 0.508 e. The minimum absolute atomic E-state index is 0.117. The van der Waals surface area contributed by atoms with Crippen molar-refractivity contribution < 1.29 is 24.5 Å². The van der Waals surface area contributed by atoms with E-state index in [0.29, 0.717) is 16.9 Å². The van der Waals surface area contributed by atoms with E-state index in [1.165, 1.54) is 32.4 Å². The number of ether oxygens (including phenoxy) is 1. The molecule has 0 fully saturated rings. The molecule has 8 heteroatoms. The molecule has 0 radical (unpaired) electrons. The average Bonchev–Trinajstić information content (AvgIpc) is 2.67. The van der Waals surface area contributed by atoms with Crippen molar-refractivity contribution in [2.24, 2.45) is 5.10 Å². The Morgan fingerprint density at radius 3 is 2.30 bits per heavy atom. The molecule has 1 unspecified atom stereocenters. The molecule has 0 aliphatic carbocycles. The molecular weight excluding hydrogens is 350 g/mol. The zero-order valence-electron chi connectivity index (χ0n) is 14.9. The number of amides is 2. The Balaban J connectivity index is 1.99. The van der Waals surface area contributed by atoms with Gasteiger partial charge in [-0.15, -0.1) is 0 Å². The SMILES string of the molecule is COc1ccc(C(=O)N[C@H](C(=O)N/N=C/c2ccc(O)cc2)C(C)O)cc1. The zero-order valence-corrected chi connectivity index (χ0v) is 14.9. The van der Waals surface area contributed by atoms with Gasteiger partial charge in [0.05, 0.1) is 19.4 Å². The number of aliphatic hydroxyl groups excluding tert-OH is 1. The van der Waals surface area contributed by atoms with E-state index < -0.39 is 24.0 Å². The van der Waals surface area contributed by atoms with E-state index in [1.807, 2.05) is 0 Å². The number of nitrogens with one attached hydrogen (secondary N) is 2. The topological polar surface area (TPSA) is 120 Å². The van der Waals surface area contributed by atoms with E-state index >= 15 is 0 Å². The van der Waals surface area contributed by atoms with E-state index in [-0.39, 0.29) is 5.75 Å². The van der Waals surface area contributed by atoms with Gasteiger partial charge in [-0.2, -0.15) is 5.10 Å². The van der Waals surface area contributed by atoms with E-state index in [0.717, 1.165) is 0 Å². The van der Waals surface area contributed by atoms with Crippen LogP contribution < -0.4 is 15.5 Å². The highest BCUT2D eigenvalue weighted by molar-refractivity contribution is 5.98. The Morgan fingerprint density at radius 2 is 1.74 bits per heavy atom. The quantitative estimate of drug-likeness (QED) is 0.428. The summed E-state index contributed by atoms with van der Waals surface area (Å²) in [7, 11) is 1.52. The van der Waals surface area contributed by atoms with Crippen LogP contribution >= 0.6 is 0 Å². The summed E-state index contributed by atoms with van der Waals surface area (Å²) in [5, 5.41) is 25.3. The molecular formula is C19H21N3O5. The van der Waals surface area contributed by atoms with Crippen LogP contribution in [0.15, 0.2) is 53.6 Å². The van der Waals surface area contributed by atoms with Crippen LogP contribution in [0, 0.1) is 0 Å². The lowest BCUT2D eigenvalue weighted by Crippen LogP contribution is -2.51. The third-order valence-electron chi connectivity index (χ3n) is 3.69. The van der Waals surface area contributed by atoms with Gasteiger partial charge in [-0.05, 0) is 61.0 Å². The van der Waals surface area contributed by atoms with Crippen molar-refractivity contribution >= 4 is 18.0 Å². The molecule has 0 aromatic heterocycles. The molecule has 0 saturated carbocycles. The number of hydrazone groups is 1. The van der Waals surface area contributed by atoms with Crippen LogP contribution in [0.1, 0.15) is 22.8 Å². The summed E-state index contributed by atoms with van der Waals surface area (Å²) in [6, 6.07) is 11.3. The van der Waals surface area contributed by atoms with Crippen LogP contribution in [0.2, 0.25) is 0 Å². The van der Waals surface area contributed by atoms with E-state index in [9.17, 15) is 19.8 Å². The molecule has 27 heavy (non-hydrogen) atoms. The smallest absolute Gasteiger partial charge is 0.265 e. The molecule has 2 amide bonds. The maximum Gasteiger partial charge on any atom is 0.265 e. The van der Waals surface area contributed by atoms with Gasteiger partial charge in [0.15, 0.2) is 0 Å². The van der Waals surface area contributed by atoms with Gasteiger partial charge in [-0.25, -0.2) is 5.43 Å². The summed E-state index contributed by atoms with van der Waals surface area (Å²) in [5.41, 5.74) is 3.25. The molecule has 2 aromatic rings. The first-order chi connectivity index (χ1) is 12.9. The number of rotatable bonds is 7. The van der Waals surface area contributed by atoms with Crippen molar-refractivity contribution in [3.05, 3.63) is 59.7 Å². The molecule has 0 bridgehead atoms. The first kappa shape index (κ1) is 19.9. The number of benzene rings is 2. The lowest BCUT2D eigenvalue weighted by atomic mass is 10.1. The highest BCUT2D eigenvalue weighted by Gasteiger charge is 2.26. The fraction of sp³-hybridized carbons (Fsp3) is 0.211. The van der Waals surface area contributed by atoms with Gasteiger partial charge in [0, 0.05) is 5.56 Å². The summed E-state index contributed by atoms with van der Waals surface area (Å²) >= 11 is 0. The number of carbonyl (C=O) groups excluding carboxylic acids is 2. The van der Waals surface area contributed by atoms with Crippen LogP contribution in [0.3, 0.4) is 0 Å². The maximum atomic E-state index is 12.3. The van der Waals surface area contributed by atoms with Gasteiger partial charge in [-0.3, -0.25) is 9.59 Å². The molecule has 0 spiro atoms. The van der Waals surface area contributed by atoms with Crippen LogP contribution in [0.5, 0.6) is 11.5 Å². The third kappa shape index (κ3) is 5.82. The van der Waals surface area contributed by atoms with E-state index in [1.54, 1.807) is 36.4 Å². The Hall–Kier alpha value is -3.39. The minimum atomic E-state index is -1.18. The monoisotopic (exact) mass is 371 g/mol. The number of hydrogen-bond acceptors (Lipinski definition) is 6. The van der Waals surface area contributed by atoms with Crippen LogP contribution in [-0.2, 0) is 4.79 Å². The highest BCUT2D eigenvalue weighted by Crippen LogP contribution is 2.11. The number of carbonyl (C=O) groups is 2. The van der Waals surface area contributed by atoms with Crippen molar-refractivity contribution in [3.63, 3.8) is 0 Å². The molecule has 2 rings (SSSR count). The predicted octanol–water partition coefficient (Wildman–Crippen LogP) is 1.03. The fourth-order valence-corrected chi connectivity index (χ4v) is 2.17. The van der Waals surface area contributed by atoms with Crippen LogP contribution in [0.4, 0.5) is 0 Å². The van der Waals surface area contributed by atoms with Crippen molar-refractivity contribution in [2.75, 3.05) is 7.11 Å². The summed E-state index contributed by atoms with van der Waals surface area (Å²) in [4.78, 5) is 24.5. The Bertz CT molecular complexity index is 801. The number of aromatic hydroxyl groups is 1. The molecule has 8 nitrogen and oxygen atoms in total. The molecule has 0 aliphatic heterocycles. The predicted molar refractivity (Wildman–Crippen MR) is 99.8 cm³/mol. The first-order valence-electron chi connectivity index (χ1n) is 8.15. The number of phenols is 1. The summed E-state index contributed by atoms with van der Waals surface area (Å²) in [6.07, 6.45) is 0.248. The standard InChI is InChI=1S/C19H21N3O5/c1-12(23)17(21-18(25)14-5-9-16(27-2)10-6-14)19(26)22-20-11-13-3-7-15(24)8-4-13/h3-12,17,23-24H,1-2H3,(H,21,25)(H,22,26)/b20-11+/t12?,17-/m0/s1. The lowest BCUT2D eigenvalue weighted by Gasteiger charge is -2.19. The third-order valence-corrected chi connectivity index (χ3v) is 3.69. The number of phenolic OH excluding ortho intramolecular Hbond substituents is 1. The van der Waals surface area contributed by atoms with Gasteiger partial charge < -0.3 is 20.3 Å². The van der Waals surface area contributed by atoms with Crippen molar-refractivity contribution in [2.45, 2.75) is 19.1 Å². The minimum Gasteiger partial charge on any atom is -0.508 e. The average molecular weight is 371 g/mol. The van der Waals surface area contributed by atoms with Gasteiger partial charge in [0.1, 0.15) is 17.5 Å². The molecule has 4 N–H and O–H groups in total. The molecule has 0 aliphatic rings. The Morgan fingerprint density at radius 1 is 1.11 bits per heavy atom. The normalized spacial score (nSPS) is 13.0. The molecule has 142 valence electrons. The van der Waals surface area contributed by atoms with Gasteiger partial charge in [0.25, 0.3) is 11.8 Å². The van der Waals surface area contributed by atoms with Crippen molar-refractivity contribution in [1.82, 2.24) is 10.7 Å². The summed E-state index contributed by atoms with van der Waals surface area (Å²) < 4.78 is 5.03. The number of hydrogen-bond donors (Lipinski definition) is 4.